The SMILES string of the molecule is COc1ccc(C[C@H](NC(=O)[C@@H](NC(=O)CN2CCOCC2)[C@H](C)O)C(=O)NC(Cc2ccccc2)C(=O)[C@@]2(C)CO2)cc1. The third-order valence-electron chi connectivity index (χ3n) is 7.80. The summed E-state index contributed by atoms with van der Waals surface area (Å²) in [6.07, 6.45) is -0.926. The molecule has 1 unspecified atom stereocenters. The van der Waals surface area contributed by atoms with Crippen molar-refractivity contribution in [1.82, 2.24) is 20.9 Å². The van der Waals surface area contributed by atoms with Crippen molar-refractivity contribution in [2.24, 2.45) is 0 Å². The number of epoxide rings is 1. The van der Waals surface area contributed by atoms with Crippen LogP contribution in [0.3, 0.4) is 0 Å². The van der Waals surface area contributed by atoms with E-state index >= 15 is 0 Å². The van der Waals surface area contributed by atoms with Crippen LogP contribution in [-0.4, -0.2) is 110 Å². The van der Waals surface area contributed by atoms with Crippen LogP contribution in [0.1, 0.15) is 25.0 Å². The molecule has 2 fully saturated rings. The van der Waals surface area contributed by atoms with Crippen LogP contribution in [-0.2, 0) is 41.5 Å². The van der Waals surface area contributed by atoms with Crippen molar-refractivity contribution in [3.05, 3.63) is 65.7 Å². The van der Waals surface area contributed by atoms with E-state index in [4.69, 9.17) is 14.2 Å². The fourth-order valence-electron chi connectivity index (χ4n) is 5.01. The summed E-state index contributed by atoms with van der Waals surface area (Å²) in [7, 11) is 1.54. The second-order valence-electron chi connectivity index (χ2n) is 11.4. The number of hydrogen-bond acceptors (Lipinski definition) is 9. The van der Waals surface area contributed by atoms with E-state index in [1.165, 1.54) is 6.92 Å². The van der Waals surface area contributed by atoms with Gasteiger partial charge in [0.1, 0.15) is 23.4 Å². The van der Waals surface area contributed by atoms with E-state index in [0.717, 1.165) is 11.1 Å². The van der Waals surface area contributed by atoms with Crippen molar-refractivity contribution in [2.45, 2.75) is 56.5 Å². The van der Waals surface area contributed by atoms with E-state index in [9.17, 15) is 24.3 Å². The van der Waals surface area contributed by atoms with Crippen LogP contribution in [0.5, 0.6) is 5.75 Å². The molecule has 0 saturated carbocycles. The summed E-state index contributed by atoms with van der Waals surface area (Å²) in [5.74, 6) is -1.39. The predicted octanol–water partition coefficient (Wildman–Crippen LogP) is 0.00580. The van der Waals surface area contributed by atoms with Crippen molar-refractivity contribution in [1.29, 1.82) is 0 Å². The van der Waals surface area contributed by atoms with Gasteiger partial charge >= 0.3 is 0 Å². The molecule has 44 heavy (non-hydrogen) atoms. The van der Waals surface area contributed by atoms with E-state index in [2.05, 4.69) is 16.0 Å². The van der Waals surface area contributed by atoms with E-state index in [0.29, 0.717) is 32.1 Å². The van der Waals surface area contributed by atoms with Gasteiger partial charge in [-0.3, -0.25) is 24.1 Å². The highest BCUT2D eigenvalue weighted by Gasteiger charge is 2.50. The van der Waals surface area contributed by atoms with E-state index in [1.54, 1.807) is 38.3 Å². The standard InChI is InChI=1S/C32H42N4O8/c1-21(37)28(35-27(38)19-36-13-15-43-16-14-36)31(41)34-26(18-23-9-11-24(42-3)12-10-23)30(40)33-25(29(39)32(2)20-44-32)17-22-7-5-4-6-8-22/h4-12,21,25-26,28,37H,13-20H2,1-3H3,(H,33,40)(H,34,41)(H,35,38)/t21-,25?,26-,28-,32+/m0/s1. The fourth-order valence-corrected chi connectivity index (χ4v) is 5.01. The Morgan fingerprint density at radius 3 is 2.09 bits per heavy atom. The maximum Gasteiger partial charge on any atom is 0.245 e. The maximum atomic E-state index is 13.8. The number of morpholine rings is 1. The van der Waals surface area contributed by atoms with Gasteiger partial charge in [-0.2, -0.15) is 0 Å². The quantitative estimate of drug-likeness (QED) is 0.204. The molecule has 2 saturated heterocycles. The number of ether oxygens (including phenoxy) is 3. The second kappa shape index (κ2) is 15.2. The highest BCUT2D eigenvalue weighted by molar-refractivity contribution is 5.98. The Kier molecular flexibility index (Phi) is 11.5. The zero-order chi connectivity index (χ0) is 31.7. The van der Waals surface area contributed by atoms with Gasteiger partial charge in [0.2, 0.25) is 17.7 Å². The first-order valence-electron chi connectivity index (χ1n) is 14.8. The highest BCUT2D eigenvalue weighted by Crippen LogP contribution is 2.29. The minimum absolute atomic E-state index is 0.0414. The van der Waals surface area contributed by atoms with Gasteiger partial charge in [0.05, 0.1) is 45.6 Å². The number of hydrogen-bond donors (Lipinski definition) is 4. The van der Waals surface area contributed by atoms with Crippen LogP contribution in [0.2, 0.25) is 0 Å². The van der Waals surface area contributed by atoms with Crippen molar-refractivity contribution >= 4 is 23.5 Å². The van der Waals surface area contributed by atoms with Gasteiger partial charge in [-0.15, -0.1) is 0 Å². The van der Waals surface area contributed by atoms with Crippen LogP contribution >= 0.6 is 0 Å². The van der Waals surface area contributed by atoms with Gasteiger partial charge in [-0.25, -0.2) is 0 Å². The van der Waals surface area contributed by atoms with Gasteiger partial charge in [-0.05, 0) is 43.5 Å². The lowest BCUT2D eigenvalue weighted by Crippen LogP contribution is -2.60. The summed E-state index contributed by atoms with van der Waals surface area (Å²) < 4.78 is 15.9. The Balaban J connectivity index is 1.51. The number of carbonyl (C=O) groups is 4. The molecule has 4 N–H and O–H groups in total. The number of nitrogens with zero attached hydrogens (tertiary/aromatic N) is 1. The summed E-state index contributed by atoms with van der Waals surface area (Å²) >= 11 is 0. The number of aliphatic hydroxyl groups is 1. The molecular weight excluding hydrogens is 568 g/mol. The summed E-state index contributed by atoms with van der Waals surface area (Å²) in [6, 6.07) is 13.0. The molecule has 0 bridgehead atoms. The van der Waals surface area contributed by atoms with Crippen molar-refractivity contribution in [3.8, 4) is 5.75 Å². The normalized spacial score (nSPS) is 20.8. The first-order chi connectivity index (χ1) is 21.1. The lowest BCUT2D eigenvalue weighted by molar-refractivity contribution is -0.136. The van der Waals surface area contributed by atoms with Crippen molar-refractivity contribution in [2.75, 3.05) is 46.6 Å². The lowest BCUT2D eigenvalue weighted by Gasteiger charge is -2.29. The number of amides is 3. The third kappa shape index (κ3) is 9.33. The first-order valence-corrected chi connectivity index (χ1v) is 14.8. The molecule has 2 aliphatic heterocycles. The number of rotatable bonds is 15. The summed E-state index contributed by atoms with van der Waals surface area (Å²) in [5.41, 5.74) is 0.590. The molecule has 2 heterocycles. The molecule has 0 aromatic heterocycles. The van der Waals surface area contributed by atoms with Crippen LogP contribution in [0.15, 0.2) is 54.6 Å². The summed E-state index contributed by atoms with van der Waals surface area (Å²) in [4.78, 5) is 55.4. The Hall–Kier alpha value is -3.84. The molecule has 5 atom stereocenters. The molecule has 2 aliphatic rings. The van der Waals surface area contributed by atoms with Gasteiger partial charge < -0.3 is 35.3 Å². The summed E-state index contributed by atoms with van der Waals surface area (Å²) in [6.45, 7) is 5.56. The van der Waals surface area contributed by atoms with Crippen LogP contribution in [0, 0.1) is 0 Å². The Morgan fingerprint density at radius 1 is 0.909 bits per heavy atom. The number of nitrogens with one attached hydrogen (secondary N) is 3. The molecule has 2 aromatic carbocycles. The minimum Gasteiger partial charge on any atom is -0.497 e. The molecule has 4 rings (SSSR count). The van der Waals surface area contributed by atoms with Crippen LogP contribution < -0.4 is 20.7 Å². The zero-order valence-corrected chi connectivity index (χ0v) is 25.4. The maximum absolute atomic E-state index is 13.8. The molecular formula is C32H42N4O8. The second-order valence-corrected chi connectivity index (χ2v) is 11.4. The van der Waals surface area contributed by atoms with Crippen molar-refractivity contribution in [3.63, 3.8) is 0 Å². The summed E-state index contributed by atoms with van der Waals surface area (Å²) in [5, 5.41) is 18.6. The zero-order valence-electron chi connectivity index (χ0n) is 25.4. The number of carbonyl (C=O) groups excluding carboxylic acids is 4. The molecule has 2 aromatic rings. The Morgan fingerprint density at radius 2 is 1.50 bits per heavy atom. The third-order valence-corrected chi connectivity index (χ3v) is 7.80. The van der Waals surface area contributed by atoms with Crippen LogP contribution in [0.25, 0.3) is 0 Å². The number of Topliss-reactive ketones (excluding diaryl/α,β-unsaturated/α-hetero) is 1. The Labute approximate surface area is 257 Å². The highest BCUT2D eigenvalue weighted by atomic mass is 16.6. The largest absolute Gasteiger partial charge is 0.497 e. The van der Waals surface area contributed by atoms with Gasteiger partial charge in [0, 0.05) is 19.5 Å². The molecule has 238 valence electrons. The predicted molar refractivity (Wildman–Crippen MR) is 161 cm³/mol. The molecule has 0 radical (unpaired) electrons. The van der Waals surface area contributed by atoms with Crippen molar-refractivity contribution < 1.29 is 38.5 Å². The van der Waals surface area contributed by atoms with Gasteiger partial charge in [0.25, 0.3) is 0 Å². The monoisotopic (exact) mass is 610 g/mol. The number of aliphatic hydroxyl groups excluding tert-OH is 1. The molecule has 12 nitrogen and oxygen atoms in total. The van der Waals surface area contributed by atoms with Gasteiger partial charge in [0.15, 0.2) is 5.78 Å². The molecule has 3 amide bonds. The number of methoxy groups -OCH3 is 1. The lowest BCUT2D eigenvalue weighted by atomic mass is 9.94. The van der Waals surface area contributed by atoms with E-state index < -0.39 is 47.6 Å². The fraction of sp³-hybridized carbons (Fsp3) is 0.500. The van der Waals surface area contributed by atoms with E-state index in [-0.39, 0.29) is 31.8 Å². The Bertz CT molecular complexity index is 1280. The van der Waals surface area contributed by atoms with Crippen LogP contribution in [0.4, 0.5) is 0 Å². The van der Waals surface area contributed by atoms with Gasteiger partial charge in [-0.1, -0.05) is 42.5 Å². The molecule has 12 heteroatoms. The van der Waals surface area contributed by atoms with E-state index in [1.807, 2.05) is 35.2 Å². The average molecular weight is 611 g/mol. The average Bonchev–Trinajstić information content (AvgIpc) is 3.78. The molecule has 0 spiro atoms. The first kappa shape index (κ1) is 33.1. The number of ketones is 1. The number of benzene rings is 2. The molecule has 0 aliphatic carbocycles. The minimum atomic E-state index is -1.31. The smallest absolute Gasteiger partial charge is 0.245 e. The topological polar surface area (TPSA) is 159 Å².